The molecule has 1 amide bonds. The van der Waals surface area contributed by atoms with Gasteiger partial charge in [0.25, 0.3) is 5.91 Å². The van der Waals surface area contributed by atoms with Gasteiger partial charge in [0.15, 0.2) is 0 Å². The van der Waals surface area contributed by atoms with Crippen molar-refractivity contribution < 1.29 is 27.5 Å². The number of hydrogen-bond acceptors (Lipinski definition) is 7. The molecular formula is C20H20N2O6S2. The van der Waals surface area contributed by atoms with E-state index < -0.39 is 21.9 Å². The topological polar surface area (TPSA) is 111 Å². The number of carbonyl (C=O) groups excluding carboxylic acids is 2. The average Bonchev–Trinajstić information content (AvgIpc) is 3.16. The summed E-state index contributed by atoms with van der Waals surface area (Å²) in [5.74, 6) is -0.759. The number of anilines is 1. The molecule has 0 unspecified atom stereocenters. The Hall–Kier alpha value is -2.95. The van der Waals surface area contributed by atoms with Gasteiger partial charge < -0.3 is 14.8 Å². The van der Waals surface area contributed by atoms with Gasteiger partial charge in [0.2, 0.25) is 10.0 Å². The van der Waals surface area contributed by atoms with E-state index in [2.05, 4.69) is 10.0 Å². The molecule has 0 bridgehead atoms. The molecule has 2 N–H and O–H groups in total. The van der Waals surface area contributed by atoms with Gasteiger partial charge in [0.05, 0.1) is 14.2 Å². The molecule has 3 aromatic rings. The van der Waals surface area contributed by atoms with Crippen LogP contribution in [0.15, 0.2) is 47.4 Å². The number of thiophene rings is 1. The highest BCUT2D eigenvalue weighted by Gasteiger charge is 2.21. The Morgan fingerprint density at radius 1 is 1.07 bits per heavy atom. The molecule has 1 heterocycles. The standard InChI is InChI=1S/C20H20N2O6S2/c1-4-21-30(25,26)18-11-12(5-7-15(18)27-2)19(23)22-14-6-8-16-13(9-14)10-17(29-16)20(24)28-3/h5-11,21H,4H2,1-3H3,(H,22,23). The van der Waals surface area contributed by atoms with E-state index in [1.54, 1.807) is 31.2 Å². The minimum Gasteiger partial charge on any atom is -0.495 e. The first-order valence-corrected chi connectivity index (χ1v) is 11.2. The number of rotatable bonds is 7. The molecule has 0 aliphatic carbocycles. The maximum Gasteiger partial charge on any atom is 0.348 e. The van der Waals surface area contributed by atoms with E-state index in [9.17, 15) is 18.0 Å². The first-order valence-electron chi connectivity index (χ1n) is 8.90. The zero-order valence-corrected chi connectivity index (χ0v) is 18.1. The Bertz CT molecular complexity index is 1220. The maximum atomic E-state index is 12.7. The van der Waals surface area contributed by atoms with Gasteiger partial charge in [-0.05, 0) is 47.9 Å². The van der Waals surface area contributed by atoms with Crippen molar-refractivity contribution in [2.75, 3.05) is 26.1 Å². The minimum absolute atomic E-state index is 0.115. The number of amides is 1. The van der Waals surface area contributed by atoms with Gasteiger partial charge in [-0.3, -0.25) is 4.79 Å². The Morgan fingerprint density at radius 2 is 1.83 bits per heavy atom. The van der Waals surface area contributed by atoms with Crippen molar-refractivity contribution in [3.05, 3.63) is 52.9 Å². The van der Waals surface area contributed by atoms with E-state index >= 15 is 0 Å². The van der Waals surface area contributed by atoms with Gasteiger partial charge >= 0.3 is 5.97 Å². The van der Waals surface area contributed by atoms with Gasteiger partial charge in [-0.2, -0.15) is 0 Å². The molecule has 0 radical (unpaired) electrons. The molecule has 0 spiro atoms. The number of benzene rings is 2. The number of sulfonamides is 1. The third kappa shape index (κ3) is 4.45. The van der Waals surface area contributed by atoms with Crippen molar-refractivity contribution in [3.63, 3.8) is 0 Å². The van der Waals surface area contributed by atoms with Crippen LogP contribution in [0.2, 0.25) is 0 Å². The van der Waals surface area contributed by atoms with Crippen LogP contribution in [0.5, 0.6) is 5.75 Å². The molecule has 0 saturated carbocycles. The molecule has 0 fully saturated rings. The normalized spacial score (nSPS) is 11.3. The Kier molecular flexibility index (Phi) is 6.40. The maximum absolute atomic E-state index is 12.7. The van der Waals surface area contributed by atoms with Crippen molar-refractivity contribution >= 4 is 49.0 Å². The lowest BCUT2D eigenvalue weighted by Gasteiger charge is -2.12. The molecule has 0 aliphatic heterocycles. The van der Waals surface area contributed by atoms with Crippen LogP contribution in [0.4, 0.5) is 5.69 Å². The molecule has 0 aliphatic rings. The van der Waals surface area contributed by atoms with Gasteiger partial charge in [-0.15, -0.1) is 11.3 Å². The van der Waals surface area contributed by atoms with Crippen LogP contribution >= 0.6 is 11.3 Å². The molecular weight excluding hydrogens is 428 g/mol. The number of hydrogen-bond donors (Lipinski definition) is 2. The van der Waals surface area contributed by atoms with Crippen molar-refractivity contribution in [1.82, 2.24) is 4.72 Å². The van der Waals surface area contributed by atoms with Gasteiger partial charge in [-0.25, -0.2) is 17.9 Å². The highest BCUT2D eigenvalue weighted by Crippen LogP contribution is 2.29. The summed E-state index contributed by atoms with van der Waals surface area (Å²) in [6, 6.07) is 11.1. The van der Waals surface area contributed by atoms with Crippen molar-refractivity contribution in [3.8, 4) is 5.75 Å². The molecule has 0 saturated heterocycles. The predicted octanol–water partition coefficient (Wildman–Crippen LogP) is 3.25. The second kappa shape index (κ2) is 8.82. The number of methoxy groups -OCH3 is 2. The second-order valence-electron chi connectivity index (χ2n) is 6.18. The van der Waals surface area contributed by atoms with Crippen LogP contribution in [0.25, 0.3) is 10.1 Å². The molecule has 8 nitrogen and oxygen atoms in total. The predicted molar refractivity (Wildman–Crippen MR) is 115 cm³/mol. The van der Waals surface area contributed by atoms with E-state index in [0.717, 1.165) is 10.1 Å². The van der Waals surface area contributed by atoms with Gasteiger partial charge in [0, 0.05) is 22.5 Å². The third-order valence-corrected chi connectivity index (χ3v) is 6.87. The molecule has 1 aromatic heterocycles. The third-order valence-electron chi connectivity index (χ3n) is 4.21. The summed E-state index contributed by atoms with van der Waals surface area (Å²) in [4.78, 5) is 24.8. The van der Waals surface area contributed by atoms with E-state index in [1.807, 2.05) is 0 Å². The minimum atomic E-state index is -3.82. The summed E-state index contributed by atoms with van der Waals surface area (Å²) in [5, 5.41) is 3.53. The second-order valence-corrected chi connectivity index (χ2v) is 9.00. The highest BCUT2D eigenvalue weighted by atomic mass is 32.2. The lowest BCUT2D eigenvalue weighted by Crippen LogP contribution is -2.24. The largest absolute Gasteiger partial charge is 0.495 e. The van der Waals surface area contributed by atoms with Crippen molar-refractivity contribution in [2.24, 2.45) is 0 Å². The number of ether oxygens (including phenoxy) is 2. The van der Waals surface area contributed by atoms with Crippen LogP contribution in [-0.2, 0) is 14.8 Å². The Labute approximate surface area is 177 Å². The van der Waals surface area contributed by atoms with E-state index in [4.69, 9.17) is 9.47 Å². The number of fused-ring (bicyclic) bond motifs is 1. The summed E-state index contributed by atoms with van der Waals surface area (Å²) in [6.45, 7) is 1.86. The van der Waals surface area contributed by atoms with E-state index in [1.165, 1.54) is 43.8 Å². The first kappa shape index (κ1) is 21.8. The summed E-state index contributed by atoms with van der Waals surface area (Å²) in [7, 11) is -1.14. The fraction of sp³-hybridized carbons (Fsp3) is 0.200. The van der Waals surface area contributed by atoms with Crippen LogP contribution < -0.4 is 14.8 Å². The monoisotopic (exact) mass is 448 g/mol. The first-order chi connectivity index (χ1) is 14.3. The zero-order chi connectivity index (χ0) is 21.9. The van der Waals surface area contributed by atoms with Crippen LogP contribution in [0.3, 0.4) is 0 Å². The van der Waals surface area contributed by atoms with E-state index in [-0.39, 0.29) is 22.8 Å². The number of nitrogens with one attached hydrogen (secondary N) is 2. The molecule has 30 heavy (non-hydrogen) atoms. The number of esters is 1. The molecule has 0 atom stereocenters. The molecule has 3 rings (SSSR count). The van der Waals surface area contributed by atoms with Crippen molar-refractivity contribution in [2.45, 2.75) is 11.8 Å². The summed E-state index contributed by atoms with van der Waals surface area (Å²) in [6.07, 6.45) is 0. The van der Waals surface area contributed by atoms with Crippen LogP contribution in [0.1, 0.15) is 27.0 Å². The number of carbonyl (C=O) groups is 2. The van der Waals surface area contributed by atoms with Gasteiger partial charge in [-0.1, -0.05) is 6.92 Å². The highest BCUT2D eigenvalue weighted by molar-refractivity contribution is 7.89. The fourth-order valence-electron chi connectivity index (χ4n) is 2.82. The summed E-state index contributed by atoms with van der Waals surface area (Å²) in [5.41, 5.74) is 0.668. The Balaban J connectivity index is 1.89. The lowest BCUT2D eigenvalue weighted by atomic mass is 10.2. The fourth-order valence-corrected chi connectivity index (χ4v) is 5.02. The average molecular weight is 449 g/mol. The van der Waals surface area contributed by atoms with Crippen molar-refractivity contribution in [1.29, 1.82) is 0 Å². The molecule has 158 valence electrons. The Morgan fingerprint density at radius 3 is 2.50 bits per heavy atom. The lowest BCUT2D eigenvalue weighted by molar-refractivity contribution is 0.0606. The van der Waals surface area contributed by atoms with Gasteiger partial charge in [0.1, 0.15) is 15.5 Å². The zero-order valence-electron chi connectivity index (χ0n) is 16.5. The molecule has 10 heteroatoms. The van der Waals surface area contributed by atoms with E-state index in [0.29, 0.717) is 10.6 Å². The SMILES string of the molecule is CCNS(=O)(=O)c1cc(C(=O)Nc2ccc3sc(C(=O)OC)cc3c2)ccc1OC. The smallest absolute Gasteiger partial charge is 0.348 e. The van der Waals surface area contributed by atoms with Crippen LogP contribution in [0, 0.1) is 0 Å². The molecule has 2 aromatic carbocycles. The quantitative estimate of drug-likeness (QED) is 0.537. The summed E-state index contributed by atoms with van der Waals surface area (Å²) >= 11 is 1.29. The van der Waals surface area contributed by atoms with Crippen LogP contribution in [-0.4, -0.2) is 41.1 Å². The summed E-state index contributed by atoms with van der Waals surface area (Å²) < 4.78 is 37.9.